The van der Waals surface area contributed by atoms with Gasteiger partial charge in [-0.25, -0.2) is 9.37 Å². The largest absolute Gasteiger partial charge is 0.457 e. The molecule has 226 valence electrons. The van der Waals surface area contributed by atoms with Gasteiger partial charge in [0.2, 0.25) is 5.91 Å². The predicted octanol–water partition coefficient (Wildman–Crippen LogP) is 3.88. The Bertz CT molecular complexity index is 1520. The lowest BCUT2D eigenvalue weighted by atomic mass is 9.91. The van der Waals surface area contributed by atoms with E-state index in [1.54, 1.807) is 24.4 Å². The van der Waals surface area contributed by atoms with Gasteiger partial charge < -0.3 is 25.2 Å². The van der Waals surface area contributed by atoms with Crippen molar-refractivity contribution >= 4 is 58.2 Å². The van der Waals surface area contributed by atoms with Gasteiger partial charge in [0, 0.05) is 73.4 Å². The monoisotopic (exact) mass is 627 g/mol. The van der Waals surface area contributed by atoms with E-state index in [9.17, 15) is 18.8 Å². The van der Waals surface area contributed by atoms with Crippen LogP contribution in [0.3, 0.4) is 0 Å². The first-order valence-corrected chi connectivity index (χ1v) is 15.1. The average molecular weight is 628 g/mol. The maximum absolute atomic E-state index is 14.7. The number of rotatable bonds is 10. The predicted molar refractivity (Wildman–Crippen MR) is 162 cm³/mol. The highest BCUT2D eigenvalue weighted by atomic mass is 35.5. The first kappa shape index (κ1) is 30.8. The summed E-state index contributed by atoms with van der Waals surface area (Å²) in [5.41, 5.74) is 0.0687. The fourth-order valence-electron chi connectivity index (χ4n) is 4.59. The van der Waals surface area contributed by atoms with Crippen LogP contribution in [0.15, 0.2) is 47.6 Å². The topological polar surface area (TPSA) is 130 Å². The van der Waals surface area contributed by atoms with Crippen LogP contribution in [0.4, 0.5) is 21.6 Å². The van der Waals surface area contributed by atoms with E-state index in [1.807, 2.05) is 0 Å². The number of hydrogen-bond donors (Lipinski definition) is 2. The summed E-state index contributed by atoms with van der Waals surface area (Å²) in [5.74, 6) is -1.14. The molecule has 2 aliphatic heterocycles. The number of carbonyl (C=O) groups is 3. The lowest BCUT2D eigenvalue weighted by molar-refractivity contribution is -0.145. The van der Waals surface area contributed by atoms with Crippen LogP contribution in [0.1, 0.15) is 13.3 Å². The molecule has 11 nitrogen and oxygen atoms in total. The number of esters is 1. The molecule has 2 aliphatic rings. The van der Waals surface area contributed by atoms with E-state index in [0.29, 0.717) is 40.2 Å². The van der Waals surface area contributed by atoms with Gasteiger partial charge in [0.15, 0.2) is 12.4 Å². The zero-order valence-corrected chi connectivity index (χ0v) is 25.3. The molecule has 1 atom stereocenters. The van der Waals surface area contributed by atoms with Crippen molar-refractivity contribution in [2.45, 2.75) is 18.4 Å². The van der Waals surface area contributed by atoms with E-state index in [-0.39, 0.29) is 35.3 Å². The van der Waals surface area contributed by atoms with Gasteiger partial charge in [-0.15, -0.1) is 22.0 Å². The molecule has 0 aliphatic carbocycles. The van der Waals surface area contributed by atoms with E-state index in [4.69, 9.17) is 16.3 Å². The molecular formula is C29H31ClFN7O4S. The molecule has 1 amide bonds. The van der Waals surface area contributed by atoms with Crippen LogP contribution >= 0.6 is 23.4 Å². The molecule has 0 bridgehead atoms. The third kappa shape index (κ3) is 7.47. The number of Topliss-reactive ketones (excluding diaryl/α,β-unsaturated/α-hetero) is 1. The molecule has 14 heteroatoms. The number of anilines is 3. The molecule has 0 spiro atoms. The summed E-state index contributed by atoms with van der Waals surface area (Å²) < 4.78 is 19.6. The molecular weight excluding hydrogens is 597 g/mol. The third-order valence-corrected chi connectivity index (χ3v) is 8.95. The highest BCUT2D eigenvalue weighted by molar-refractivity contribution is 7.99. The van der Waals surface area contributed by atoms with Crippen molar-refractivity contribution in [3.8, 4) is 11.3 Å². The number of benzene rings is 1. The van der Waals surface area contributed by atoms with Crippen LogP contribution in [-0.4, -0.2) is 94.8 Å². The first-order chi connectivity index (χ1) is 20.6. The highest BCUT2D eigenvalue weighted by Gasteiger charge is 2.48. The minimum Gasteiger partial charge on any atom is -0.457 e. The van der Waals surface area contributed by atoms with Crippen molar-refractivity contribution in [3.05, 3.63) is 53.4 Å². The molecule has 2 N–H and O–H groups in total. The summed E-state index contributed by atoms with van der Waals surface area (Å²) in [6.07, 6.45) is 1.89. The number of ether oxygens (including phenoxy) is 1. The zero-order chi connectivity index (χ0) is 30.6. The second kappa shape index (κ2) is 13.3. The average Bonchev–Trinajstić information content (AvgIpc) is 3.24. The van der Waals surface area contributed by atoms with Crippen LogP contribution in [0, 0.1) is 11.2 Å². The molecule has 5 rings (SSSR count). The summed E-state index contributed by atoms with van der Waals surface area (Å²) >= 11 is 7.25. The molecule has 2 saturated heterocycles. The Morgan fingerprint density at radius 1 is 1.14 bits per heavy atom. The summed E-state index contributed by atoms with van der Waals surface area (Å²) in [6, 6.07) is 9.11. The zero-order valence-electron chi connectivity index (χ0n) is 23.7. The Labute approximate surface area is 257 Å². The van der Waals surface area contributed by atoms with E-state index < -0.39 is 17.2 Å². The molecule has 0 saturated carbocycles. The number of ketones is 1. The van der Waals surface area contributed by atoms with Crippen LogP contribution in [0.25, 0.3) is 11.3 Å². The van der Waals surface area contributed by atoms with Gasteiger partial charge in [-0.2, -0.15) is 0 Å². The molecule has 1 unspecified atom stereocenters. The number of carbonyl (C=O) groups excluding carboxylic acids is 3. The number of pyridine rings is 1. The molecule has 0 radical (unpaired) electrons. The standard InChI is InChI=1S/C29H31ClFN7O4S/c1-29(24(39)16-42-28(29)41)17-43-27-23(15-22(35-36-27)20-13-18(30)3-4-21(20)31)33-19-5-7-32-25(14-19)34-26(40)6-8-38-11-9-37(2)10-12-38/h3-5,7,13-15H,6,8-12,16-17H2,1-2H3,(H2,32,33,34,35,40). The number of amides is 1. The molecule has 4 heterocycles. The van der Waals surface area contributed by atoms with Gasteiger partial charge in [-0.3, -0.25) is 14.4 Å². The van der Waals surface area contributed by atoms with Gasteiger partial charge >= 0.3 is 5.97 Å². The smallest absolute Gasteiger partial charge is 0.320 e. The number of halogens is 2. The lowest BCUT2D eigenvalue weighted by Gasteiger charge is -2.32. The van der Waals surface area contributed by atoms with Crippen molar-refractivity contribution < 1.29 is 23.5 Å². The molecule has 1 aromatic carbocycles. The normalized spacial score (nSPS) is 19.3. The first-order valence-electron chi connectivity index (χ1n) is 13.7. The minimum atomic E-state index is -1.32. The van der Waals surface area contributed by atoms with Crippen molar-refractivity contribution in [2.75, 3.05) is 62.8 Å². The summed E-state index contributed by atoms with van der Waals surface area (Å²) in [5, 5.41) is 15.3. The Hall–Kier alpha value is -3.65. The number of thioether (sulfide) groups is 1. The quantitative estimate of drug-likeness (QED) is 0.193. The highest BCUT2D eigenvalue weighted by Crippen LogP contribution is 2.37. The van der Waals surface area contributed by atoms with Gasteiger partial charge in [0.25, 0.3) is 0 Å². The fraction of sp³-hybridized carbons (Fsp3) is 0.379. The number of hydrogen-bond acceptors (Lipinski definition) is 11. The van der Waals surface area contributed by atoms with Crippen LogP contribution in [-0.2, 0) is 19.1 Å². The van der Waals surface area contributed by atoms with Crippen molar-refractivity contribution in [1.82, 2.24) is 25.0 Å². The molecule has 2 fully saturated rings. The number of nitrogens with zero attached hydrogens (tertiary/aromatic N) is 5. The number of aromatic nitrogens is 3. The van der Waals surface area contributed by atoms with Crippen molar-refractivity contribution in [1.29, 1.82) is 0 Å². The Kier molecular flexibility index (Phi) is 9.55. The van der Waals surface area contributed by atoms with Crippen molar-refractivity contribution in [3.63, 3.8) is 0 Å². The Morgan fingerprint density at radius 3 is 2.67 bits per heavy atom. The minimum absolute atomic E-state index is 0.0733. The number of nitrogens with one attached hydrogen (secondary N) is 2. The number of cyclic esters (lactones) is 1. The van der Waals surface area contributed by atoms with E-state index in [0.717, 1.165) is 37.9 Å². The van der Waals surface area contributed by atoms with Crippen LogP contribution in [0.5, 0.6) is 0 Å². The third-order valence-electron chi connectivity index (χ3n) is 7.42. The van der Waals surface area contributed by atoms with E-state index >= 15 is 0 Å². The van der Waals surface area contributed by atoms with Gasteiger partial charge in [0.05, 0.1) is 11.4 Å². The maximum atomic E-state index is 14.7. The van der Waals surface area contributed by atoms with E-state index in [2.05, 4.69) is 42.7 Å². The maximum Gasteiger partial charge on any atom is 0.320 e. The lowest BCUT2D eigenvalue weighted by Crippen LogP contribution is -2.45. The van der Waals surface area contributed by atoms with Gasteiger partial charge in [-0.1, -0.05) is 11.6 Å². The fourth-order valence-corrected chi connectivity index (χ4v) is 5.83. The van der Waals surface area contributed by atoms with E-state index in [1.165, 1.54) is 25.1 Å². The van der Waals surface area contributed by atoms with Gasteiger partial charge in [0.1, 0.15) is 22.1 Å². The Morgan fingerprint density at radius 2 is 1.93 bits per heavy atom. The van der Waals surface area contributed by atoms with Crippen molar-refractivity contribution in [2.24, 2.45) is 5.41 Å². The molecule has 43 heavy (non-hydrogen) atoms. The second-order valence-electron chi connectivity index (χ2n) is 10.7. The second-order valence-corrected chi connectivity index (χ2v) is 12.1. The molecule has 3 aromatic rings. The van der Waals surface area contributed by atoms with Gasteiger partial charge in [-0.05, 0) is 44.3 Å². The Balaban J connectivity index is 1.34. The SMILES string of the molecule is CN1CCN(CCC(=O)Nc2cc(Nc3cc(-c4cc(Cl)ccc4F)nnc3SCC3(C)C(=O)COC3=O)ccn2)CC1. The number of piperazine rings is 1. The summed E-state index contributed by atoms with van der Waals surface area (Å²) in [6.45, 7) is 5.75. The molecule has 2 aromatic heterocycles. The van der Waals surface area contributed by atoms with Crippen LogP contribution < -0.4 is 10.6 Å². The summed E-state index contributed by atoms with van der Waals surface area (Å²) in [4.78, 5) is 46.1. The number of likely N-dealkylation sites (N-methyl/N-ethyl adjacent to an activating group) is 1. The summed E-state index contributed by atoms with van der Waals surface area (Å²) in [7, 11) is 2.09. The van der Waals surface area contributed by atoms with Crippen LogP contribution in [0.2, 0.25) is 5.02 Å².